The fraction of sp³-hybridized carbons (Fsp3) is 0.500. The molecule has 0 unspecified atom stereocenters. The van der Waals surface area contributed by atoms with Crippen LogP contribution in [0.5, 0.6) is 6.01 Å². The maximum absolute atomic E-state index is 5.76. The number of nitrogens with zero attached hydrogens (tertiary/aromatic N) is 3. The minimum atomic E-state index is 0.476. The topological polar surface area (TPSA) is 47.9 Å². The third-order valence-electron chi connectivity index (χ3n) is 4.18. The number of aryl methyl sites for hydroxylation is 1. The Morgan fingerprint density at radius 2 is 1.77 bits per heavy atom. The summed E-state index contributed by atoms with van der Waals surface area (Å²) < 4.78 is 5.76. The fourth-order valence-corrected chi connectivity index (χ4v) is 2.99. The summed E-state index contributed by atoms with van der Waals surface area (Å²) in [5.74, 6) is 2.15. The molecule has 0 radical (unpaired) electrons. The van der Waals surface area contributed by atoms with Gasteiger partial charge in [-0.1, -0.05) is 49.6 Å². The molecule has 1 aromatic heterocycles. The molecule has 4 heteroatoms. The Balaban J connectivity index is 1.62. The number of benzene rings is 1. The van der Waals surface area contributed by atoms with Crippen LogP contribution in [0.2, 0.25) is 0 Å². The minimum Gasteiger partial charge on any atom is -0.463 e. The van der Waals surface area contributed by atoms with E-state index >= 15 is 0 Å². The van der Waals surface area contributed by atoms with Crippen molar-refractivity contribution in [3.8, 4) is 6.01 Å². The van der Waals surface area contributed by atoms with E-state index in [9.17, 15) is 0 Å². The third-order valence-corrected chi connectivity index (χ3v) is 4.18. The van der Waals surface area contributed by atoms with Gasteiger partial charge in [-0.25, -0.2) is 4.98 Å². The summed E-state index contributed by atoms with van der Waals surface area (Å²) in [6, 6.07) is 10.8. The summed E-state index contributed by atoms with van der Waals surface area (Å²) >= 11 is 0. The molecule has 0 atom stereocenters. The van der Waals surface area contributed by atoms with Gasteiger partial charge >= 0.3 is 6.01 Å². The molecule has 3 rings (SSSR count). The van der Waals surface area contributed by atoms with Crippen LogP contribution in [0.4, 0.5) is 0 Å². The van der Waals surface area contributed by atoms with Crippen molar-refractivity contribution in [1.82, 2.24) is 15.0 Å². The van der Waals surface area contributed by atoms with Crippen molar-refractivity contribution < 1.29 is 4.74 Å². The third kappa shape index (κ3) is 4.03. The number of hydrogen-bond acceptors (Lipinski definition) is 4. The van der Waals surface area contributed by atoms with Crippen LogP contribution in [-0.4, -0.2) is 21.6 Å². The average Bonchev–Trinajstić information content (AvgIpc) is 2.56. The minimum absolute atomic E-state index is 0.476. The van der Waals surface area contributed by atoms with E-state index < -0.39 is 0 Å². The number of hydrogen-bond donors (Lipinski definition) is 0. The smallest absolute Gasteiger partial charge is 0.319 e. The fourth-order valence-electron chi connectivity index (χ4n) is 2.99. The number of aromatic nitrogens is 3. The SMILES string of the molecule is Cc1nc(OCCc2ccccc2)nc(C2CCCCC2)n1. The lowest BCUT2D eigenvalue weighted by Crippen LogP contribution is -2.13. The average molecular weight is 297 g/mol. The molecule has 1 saturated carbocycles. The molecule has 2 aromatic rings. The van der Waals surface area contributed by atoms with Crippen molar-refractivity contribution in [2.75, 3.05) is 6.61 Å². The molecule has 4 nitrogen and oxygen atoms in total. The van der Waals surface area contributed by atoms with Crippen molar-refractivity contribution in [2.24, 2.45) is 0 Å². The molecule has 116 valence electrons. The lowest BCUT2D eigenvalue weighted by atomic mass is 9.89. The van der Waals surface area contributed by atoms with E-state index in [1.807, 2.05) is 25.1 Å². The molecule has 0 N–H and O–H groups in total. The summed E-state index contributed by atoms with van der Waals surface area (Å²) in [6.45, 7) is 2.51. The zero-order valence-corrected chi connectivity index (χ0v) is 13.2. The first-order valence-electron chi connectivity index (χ1n) is 8.20. The molecule has 1 aromatic carbocycles. The Morgan fingerprint density at radius 3 is 2.55 bits per heavy atom. The van der Waals surface area contributed by atoms with Gasteiger partial charge in [0.1, 0.15) is 11.6 Å². The van der Waals surface area contributed by atoms with Crippen LogP contribution in [0, 0.1) is 6.92 Å². The van der Waals surface area contributed by atoms with Gasteiger partial charge in [-0.2, -0.15) is 9.97 Å². The Kier molecular flexibility index (Phi) is 4.99. The Morgan fingerprint density at radius 1 is 1.00 bits per heavy atom. The lowest BCUT2D eigenvalue weighted by Gasteiger charge is -2.20. The van der Waals surface area contributed by atoms with Gasteiger partial charge in [-0.3, -0.25) is 0 Å². The highest BCUT2D eigenvalue weighted by atomic mass is 16.5. The number of rotatable bonds is 5. The maximum Gasteiger partial charge on any atom is 0.319 e. The molecule has 22 heavy (non-hydrogen) atoms. The van der Waals surface area contributed by atoms with Crippen LogP contribution in [-0.2, 0) is 6.42 Å². The van der Waals surface area contributed by atoms with Crippen LogP contribution in [0.25, 0.3) is 0 Å². The normalized spacial score (nSPS) is 15.7. The van der Waals surface area contributed by atoms with Crippen LogP contribution in [0.1, 0.15) is 55.2 Å². The summed E-state index contributed by atoms with van der Waals surface area (Å²) in [7, 11) is 0. The van der Waals surface area contributed by atoms with E-state index in [2.05, 4.69) is 27.1 Å². The quantitative estimate of drug-likeness (QED) is 0.841. The largest absolute Gasteiger partial charge is 0.463 e. The highest BCUT2D eigenvalue weighted by Crippen LogP contribution is 2.31. The molecule has 0 bridgehead atoms. The molecular weight excluding hydrogens is 274 g/mol. The van der Waals surface area contributed by atoms with Gasteiger partial charge in [0.15, 0.2) is 0 Å². The van der Waals surface area contributed by atoms with Crippen LogP contribution >= 0.6 is 0 Å². The monoisotopic (exact) mass is 297 g/mol. The Hall–Kier alpha value is -1.97. The van der Waals surface area contributed by atoms with E-state index in [0.29, 0.717) is 18.5 Å². The predicted molar refractivity (Wildman–Crippen MR) is 86.0 cm³/mol. The zero-order chi connectivity index (χ0) is 15.2. The van der Waals surface area contributed by atoms with Crippen molar-refractivity contribution in [3.63, 3.8) is 0 Å². The molecule has 1 heterocycles. The zero-order valence-electron chi connectivity index (χ0n) is 13.2. The molecule has 0 amide bonds. The molecule has 1 aliphatic rings. The van der Waals surface area contributed by atoms with Gasteiger partial charge in [0.05, 0.1) is 6.61 Å². The van der Waals surface area contributed by atoms with Gasteiger partial charge in [0.25, 0.3) is 0 Å². The van der Waals surface area contributed by atoms with Crippen molar-refractivity contribution in [3.05, 3.63) is 47.5 Å². The van der Waals surface area contributed by atoms with Gasteiger partial charge in [0, 0.05) is 12.3 Å². The first kappa shape index (κ1) is 14.9. The van der Waals surface area contributed by atoms with E-state index in [1.54, 1.807) is 0 Å². The molecule has 0 saturated heterocycles. The summed E-state index contributed by atoms with van der Waals surface area (Å²) in [6.07, 6.45) is 7.13. The number of ether oxygens (including phenoxy) is 1. The van der Waals surface area contributed by atoms with Crippen molar-refractivity contribution in [1.29, 1.82) is 0 Å². The molecule has 0 spiro atoms. The molecule has 1 aliphatic carbocycles. The van der Waals surface area contributed by atoms with Gasteiger partial charge in [-0.15, -0.1) is 0 Å². The van der Waals surface area contributed by atoms with E-state index in [4.69, 9.17) is 4.74 Å². The second-order valence-electron chi connectivity index (χ2n) is 5.94. The van der Waals surface area contributed by atoms with Crippen LogP contribution < -0.4 is 4.74 Å². The maximum atomic E-state index is 5.76. The van der Waals surface area contributed by atoms with Crippen molar-refractivity contribution in [2.45, 2.75) is 51.4 Å². The summed E-state index contributed by atoms with van der Waals surface area (Å²) in [5, 5.41) is 0. The summed E-state index contributed by atoms with van der Waals surface area (Å²) in [5.41, 5.74) is 1.26. The highest BCUT2D eigenvalue weighted by molar-refractivity contribution is 5.15. The Bertz CT molecular complexity index is 595. The van der Waals surface area contributed by atoms with Gasteiger partial charge in [-0.05, 0) is 25.3 Å². The summed E-state index contributed by atoms with van der Waals surface area (Å²) in [4.78, 5) is 13.4. The Labute approximate surface area is 132 Å². The van der Waals surface area contributed by atoms with Crippen LogP contribution in [0.15, 0.2) is 30.3 Å². The van der Waals surface area contributed by atoms with E-state index in [0.717, 1.165) is 18.1 Å². The lowest BCUT2D eigenvalue weighted by molar-refractivity contribution is 0.290. The first-order chi connectivity index (χ1) is 10.8. The van der Waals surface area contributed by atoms with E-state index in [-0.39, 0.29) is 0 Å². The second kappa shape index (κ2) is 7.34. The van der Waals surface area contributed by atoms with Gasteiger partial charge < -0.3 is 4.74 Å². The van der Waals surface area contributed by atoms with E-state index in [1.165, 1.54) is 37.7 Å². The molecule has 1 fully saturated rings. The first-order valence-corrected chi connectivity index (χ1v) is 8.20. The van der Waals surface area contributed by atoms with Crippen molar-refractivity contribution >= 4 is 0 Å². The predicted octanol–water partition coefficient (Wildman–Crippen LogP) is 3.85. The van der Waals surface area contributed by atoms with Crippen LogP contribution in [0.3, 0.4) is 0 Å². The molecule has 0 aliphatic heterocycles. The molecular formula is C18H23N3O. The van der Waals surface area contributed by atoms with Gasteiger partial charge in [0.2, 0.25) is 0 Å². The second-order valence-corrected chi connectivity index (χ2v) is 5.94. The standard InChI is InChI=1S/C18H23N3O/c1-14-19-17(16-10-6-3-7-11-16)21-18(20-14)22-13-12-15-8-4-2-5-9-15/h2,4-5,8-9,16H,3,6-7,10-13H2,1H3. The highest BCUT2D eigenvalue weighted by Gasteiger charge is 2.19.